The van der Waals surface area contributed by atoms with E-state index in [1.54, 1.807) is 24.3 Å². The van der Waals surface area contributed by atoms with Crippen molar-refractivity contribution in [2.75, 3.05) is 14.2 Å². The first-order valence-electron chi connectivity index (χ1n) is 9.13. The summed E-state index contributed by atoms with van der Waals surface area (Å²) in [7, 11) is 2.88. The molecule has 0 aliphatic carbocycles. The standard InChI is InChI=1S/C23H24N2O4/c1-4-19(17-10-6-5-7-11-17)25-23(27)18(15-24)12-8-9-16-13-20(28-2)22(26)21(14-16)29-3/h5-14,19,26H,4H2,1-3H3,(H,25,27)/b9-8+,18-12+. The Morgan fingerprint density at radius 2 is 1.83 bits per heavy atom. The molecule has 2 aromatic carbocycles. The summed E-state index contributed by atoms with van der Waals surface area (Å²) in [4.78, 5) is 12.5. The van der Waals surface area contributed by atoms with E-state index in [2.05, 4.69) is 5.32 Å². The van der Waals surface area contributed by atoms with Gasteiger partial charge in [0.05, 0.1) is 20.3 Å². The molecule has 0 fully saturated rings. The Hall–Kier alpha value is -3.72. The third-order valence-electron chi connectivity index (χ3n) is 4.33. The molecule has 1 amide bonds. The molecule has 29 heavy (non-hydrogen) atoms. The van der Waals surface area contributed by atoms with Gasteiger partial charge in [-0.15, -0.1) is 0 Å². The van der Waals surface area contributed by atoms with Gasteiger partial charge in [0.1, 0.15) is 11.6 Å². The van der Waals surface area contributed by atoms with Gasteiger partial charge < -0.3 is 19.9 Å². The number of methoxy groups -OCH3 is 2. The van der Waals surface area contributed by atoms with Gasteiger partial charge in [0.25, 0.3) is 5.91 Å². The van der Waals surface area contributed by atoms with Crippen molar-refractivity contribution < 1.29 is 19.4 Å². The Balaban J connectivity index is 2.17. The molecule has 6 nitrogen and oxygen atoms in total. The zero-order valence-corrected chi connectivity index (χ0v) is 16.7. The van der Waals surface area contributed by atoms with E-state index in [4.69, 9.17) is 9.47 Å². The number of carbonyl (C=O) groups is 1. The first-order chi connectivity index (χ1) is 14.0. The fourth-order valence-electron chi connectivity index (χ4n) is 2.77. The van der Waals surface area contributed by atoms with Crippen LogP contribution < -0.4 is 14.8 Å². The number of amides is 1. The second kappa shape index (κ2) is 10.6. The minimum absolute atomic E-state index is 0.00617. The van der Waals surface area contributed by atoms with Crippen LogP contribution in [-0.4, -0.2) is 25.2 Å². The minimum atomic E-state index is -0.436. The third kappa shape index (κ3) is 5.63. The van der Waals surface area contributed by atoms with Crippen LogP contribution in [-0.2, 0) is 4.79 Å². The fourth-order valence-corrected chi connectivity index (χ4v) is 2.77. The summed E-state index contributed by atoms with van der Waals surface area (Å²) in [5, 5.41) is 22.2. The Labute approximate surface area is 170 Å². The van der Waals surface area contributed by atoms with Gasteiger partial charge in [-0.3, -0.25) is 4.79 Å². The fraction of sp³-hybridized carbons (Fsp3) is 0.217. The summed E-state index contributed by atoms with van der Waals surface area (Å²) in [5.41, 5.74) is 1.66. The van der Waals surface area contributed by atoms with Crippen molar-refractivity contribution in [2.45, 2.75) is 19.4 Å². The Morgan fingerprint density at radius 3 is 2.34 bits per heavy atom. The van der Waals surface area contributed by atoms with Gasteiger partial charge in [-0.05, 0) is 35.8 Å². The smallest absolute Gasteiger partial charge is 0.262 e. The highest BCUT2D eigenvalue weighted by Gasteiger charge is 2.15. The maximum Gasteiger partial charge on any atom is 0.262 e. The molecule has 0 saturated carbocycles. The number of carbonyl (C=O) groups excluding carboxylic acids is 1. The second-order valence-corrected chi connectivity index (χ2v) is 6.17. The van der Waals surface area contributed by atoms with Crippen LogP contribution in [0.15, 0.2) is 60.2 Å². The van der Waals surface area contributed by atoms with Crippen LogP contribution >= 0.6 is 0 Å². The molecule has 0 radical (unpaired) electrons. The first kappa shape index (κ1) is 21.6. The summed E-state index contributed by atoms with van der Waals surface area (Å²) in [6.07, 6.45) is 5.42. The Morgan fingerprint density at radius 1 is 1.21 bits per heavy atom. The number of phenols is 1. The SMILES string of the molecule is CCC(NC(=O)/C(C#N)=C/C=C/c1cc(OC)c(O)c(OC)c1)c1ccccc1. The zero-order chi connectivity index (χ0) is 21.2. The number of hydrogen-bond acceptors (Lipinski definition) is 5. The van der Waals surface area contributed by atoms with E-state index in [9.17, 15) is 15.2 Å². The Bertz CT molecular complexity index is 918. The number of allylic oxidation sites excluding steroid dienone is 2. The molecule has 6 heteroatoms. The van der Waals surface area contributed by atoms with Crippen molar-refractivity contribution in [1.29, 1.82) is 5.26 Å². The molecule has 0 saturated heterocycles. The highest BCUT2D eigenvalue weighted by atomic mass is 16.5. The van der Waals surface area contributed by atoms with E-state index in [1.165, 1.54) is 20.3 Å². The second-order valence-electron chi connectivity index (χ2n) is 6.17. The molecule has 0 heterocycles. The van der Waals surface area contributed by atoms with Crippen molar-refractivity contribution in [1.82, 2.24) is 5.32 Å². The van der Waals surface area contributed by atoms with Gasteiger partial charge in [0.2, 0.25) is 5.75 Å². The van der Waals surface area contributed by atoms with Crippen LogP contribution in [0.5, 0.6) is 17.2 Å². The molecular formula is C23H24N2O4. The molecule has 0 aliphatic rings. The molecule has 0 aliphatic heterocycles. The van der Waals surface area contributed by atoms with Gasteiger partial charge in [0, 0.05) is 0 Å². The molecule has 1 unspecified atom stereocenters. The largest absolute Gasteiger partial charge is 0.502 e. The number of nitrogens with zero attached hydrogens (tertiary/aromatic N) is 1. The quantitative estimate of drug-likeness (QED) is 0.400. The number of hydrogen-bond donors (Lipinski definition) is 2. The summed E-state index contributed by atoms with van der Waals surface area (Å²) in [6, 6.07) is 14.6. The summed E-state index contributed by atoms with van der Waals surface area (Å²) < 4.78 is 10.2. The predicted octanol–water partition coefficient (Wildman–Crippen LogP) is 4.14. The van der Waals surface area contributed by atoms with Crippen LogP contribution in [0, 0.1) is 11.3 Å². The van der Waals surface area contributed by atoms with Crippen molar-refractivity contribution in [3.8, 4) is 23.3 Å². The molecule has 2 rings (SSSR count). The first-order valence-corrected chi connectivity index (χ1v) is 9.13. The number of ether oxygens (including phenoxy) is 2. The van der Waals surface area contributed by atoms with E-state index < -0.39 is 5.91 Å². The van der Waals surface area contributed by atoms with Crippen molar-refractivity contribution in [2.24, 2.45) is 0 Å². The van der Waals surface area contributed by atoms with Crippen LogP contribution in [0.25, 0.3) is 6.08 Å². The molecule has 0 bridgehead atoms. The lowest BCUT2D eigenvalue weighted by atomic mass is 10.0. The van der Waals surface area contributed by atoms with Crippen LogP contribution in [0.4, 0.5) is 0 Å². The Kier molecular flexibility index (Phi) is 7.87. The van der Waals surface area contributed by atoms with Crippen LogP contribution in [0.1, 0.15) is 30.5 Å². The third-order valence-corrected chi connectivity index (χ3v) is 4.33. The average molecular weight is 392 g/mol. The minimum Gasteiger partial charge on any atom is -0.502 e. The summed E-state index contributed by atoms with van der Waals surface area (Å²) >= 11 is 0. The monoisotopic (exact) mass is 392 g/mol. The number of nitriles is 1. The van der Waals surface area contributed by atoms with Crippen molar-refractivity contribution in [3.63, 3.8) is 0 Å². The van der Waals surface area contributed by atoms with Gasteiger partial charge in [0.15, 0.2) is 11.5 Å². The molecule has 0 spiro atoms. The van der Waals surface area contributed by atoms with Crippen molar-refractivity contribution >= 4 is 12.0 Å². The van der Waals surface area contributed by atoms with Gasteiger partial charge in [-0.2, -0.15) is 5.26 Å². The predicted molar refractivity (Wildman–Crippen MR) is 112 cm³/mol. The summed E-state index contributed by atoms with van der Waals surface area (Å²) in [6.45, 7) is 1.97. The van der Waals surface area contributed by atoms with Gasteiger partial charge >= 0.3 is 0 Å². The lowest BCUT2D eigenvalue weighted by Crippen LogP contribution is -2.29. The molecule has 2 aromatic rings. The molecular weight excluding hydrogens is 368 g/mol. The zero-order valence-electron chi connectivity index (χ0n) is 16.7. The maximum atomic E-state index is 12.5. The number of nitrogens with one attached hydrogen (secondary N) is 1. The molecule has 150 valence electrons. The van der Waals surface area contributed by atoms with Gasteiger partial charge in [-0.1, -0.05) is 49.4 Å². The normalized spacial score (nSPS) is 12.3. The summed E-state index contributed by atoms with van der Waals surface area (Å²) in [5.74, 6) is -0.000204. The van der Waals surface area contributed by atoms with E-state index in [1.807, 2.05) is 43.3 Å². The number of rotatable bonds is 8. The topological polar surface area (TPSA) is 91.6 Å². The van der Waals surface area contributed by atoms with E-state index >= 15 is 0 Å². The highest BCUT2D eigenvalue weighted by molar-refractivity contribution is 5.97. The molecule has 1 atom stereocenters. The molecule has 0 aromatic heterocycles. The maximum absolute atomic E-state index is 12.5. The number of phenolic OH excluding ortho intramolecular Hbond substituents is 1. The van der Waals surface area contributed by atoms with Crippen molar-refractivity contribution in [3.05, 3.63) is 71.3 Å². The lowest BCUT2D eigenvalue weighted by molar-refractivity contribution is -0.117. The number of aromatic hydroxyl groups is 1. The van der Waals surface area contributed by atoms with Crippen LogP contribution in [0.2, 0.25) is 0 Å². The van der Waals surface area contributed by atoms with E-state index in [0.29, 0.717) is 12.0 Å². The van der Waals surface area contributed by atoms with E-state index in [0.717, 1.165) is 5.56 Å². The average Bonchev–Trinajstić information content (AvgIpc) is 2.76. The van der Waals surface area contributed by atoms with Gasteiger partial charge in [-0.25, -0.2) is 0 Å². The van der Waals surface area contributed by atoms with E-state index in [-0.39, 0.29) is 28.9 Å². The molecule has 2 N–H and O–H groups in total. The highest BCUT2D eigenvalue weighted by Crippen LogP contribution is 2.37. The van der Waals surface area contributed by atoms with Crippen LogP contribution in [0.3, 0.4) is 0 Å². The lowest BCUT2D eigenvalue weighted by Gasteiger charge is -2.17. The number of benzene rings is 2.